The van der Waals surface area contributed by atoms with E-state index < -0.39 is 0 Å². The van der Waals surface area contributed by atoms with E-state index >= 15 is 0 Å². The number of nitrogens with one attached hydrogen (secondary N) is 1. The Morgan fingerprint density at radius 2 is 2.16 bits per heavy atom. The number of aromatic nitrogens is 1. The number of ether oxygens (including phenoxy) is 1. The van der Waals surface area contributed by atoms with Gasteiger partial charge in [0.25, 0.3) is 0 Å². The number of nitrogens with two attached hydrogens (primary N) is 1. The molecule has 0 spiro atoms. The van der Waals surface area contributed by atoms with Crippen molar-refractivity contribution in [2.75, 3.05) is 19.0 Å². The Morgan fingerprint density at radius 3 is 2.89 bits per heavy atom. The van der Waals surface area contributed by atoms with Crippen LogP contribution < -0.4 is 15.8 Å². The van der Waals surface area contributed by atoms with Crippen LogP contribution in [-0.4, -0.2) is 24.7 Å². The highest BCUT2D eigenvalue weighted by Crippen LogP contribution is 2.29. The van der Waals surface area contributed by atoms with E-state index in [1.54, 1.807) is 7.11 Å². The number of benzene rings is 1. The van der Waals surface area contributed by atoms with Crippen LogP contribution in [0.4, 0.5) is 5.82 Å². The first-order valence-electron chi connectivity index (χ1n) is 6.64. The van der Waals surface area contributed by atoms with Crippen LogP contribution in [-0.2, 0) is 0 Å². The average molecular weight is 259 g/mol. The third kappa shape index (κ3) is 3.15. The molecule has 0 bridgehead atoms. The lowest BCUT2D eigenvalue weighted by Crippen LogP contribution is -2.17. The van der Waals surface area contributed by atoms with Gasteiger partial charge < -0.3 is 15.8 Å². The van der Waals surface area contributed by atoms with Gasteiger partial charge >= 0.3 is 0 Å². The molecule has 0 saturated carbocycles. The van der Waals surface area contributed by atoms with Gasteiger partial charge in [0, 0.05) is 23.0 Å². The molecule has 4 nitrogen and oxygen atoms in total. The first kappa shape index (κ1) is 13.6. The minimum atomic E-state index is 0.354. The van der Waals surface area contributed by atoms with Crippen LogP contribution >= 0.6 is 0 Å². The van der Waals surface area contributed by atoms with Crippen LogP contribution in [0.5, 0.6) is 5.75 Å². The van der Waals surface area contributed by atoms with E-state index in [0.717, 1.165) is 41.7 Å². The first-order valence-corrected chi connectivity index (χ1v) is 6.64. The fourth-order valence-corrected chi connectivity index (χ4v) is 2.20. The second kappa shape index (κ2) is 6.38. The highest BCUT2D eigenvalue weighted by Gasteiger charge is 2.08. The van der Waals surface area contributed by atoms with E-state index in [1.807, 2.05) is 24.4 Å². The fraction of sp³-hybridized carbons (Fsp3) is 0.400. The summed E-state index contributed by atoms with van der Waals surface area (Å²) in [6, 6.07) is 8.34. The molecule has 4 heteroatoms. The zero-order valence-corrected chi connectivity index (χ0v) is 11.5. The molecule has 0 radical (unpaired) electrons. The summed E-state index contributed by atoms with van der Waals surface area (Å²) in [5.74, 6) is 1.78. The second-order valence-corrected chi connectivity index (χ2v) is 4.69. The standard InChI is InChI=1S/C15H21N3O/c1-11(5-4-9-16)18-15-13-6-3-7-14(19-2)12(13)8-10-17-15/h3,6-8,10-11H,4-5,9,16H2,1-2H3,(H,17,18). The molecule has 102 valence electrons. The lowest BCUT2D eigenvalue weighted by Gasteiger charge is -2.16. The van der Waals surface area contributed by atoms with Gasteiger partial charge in [0.05, 0.1) is 7.11 Å². The third-order valence-electron chi connectivity index (χ3n) is 3.21. The van der Waals surface area contributed by atoms with Gasteiger partial charge in [-0.3, -0.25) is 0 Å². The van der Waals surface area contributed by atoms with Crippen molar-refractivity contribution >= 4 is 16.6 Å². The minimum Gasteiger partial charge on any atom is -0.496 e. The molecule has 2 rings (SSSR count). The molecule has 2 aromatic rings. The van der Waals surface area contributed by atoms with Crippen LogP contribution in [0.1, 0.15) is 19.8 Å². The van der Waals surface area contributed by atoms with E-state index in [4.69, 9.17) is 10.5 Å². The summed E-state index contributed by atoms with van der Waals surface area (Å²) in [5, 5.41) is 5.61. The van der Waals surface area contributed by atoms with Gasteiger partial charge in [0.1, 0.15) is 11.6 Å². The molecule has 19 heavy (non-hydrogen) atoms. The Labute approximate surface area is 114 Å². The Balaban J connectivity index is 2.28. The SMILES string of the molecule is COc1cccc2c(NC(C)CCCN)nccc12. The number of pyridine rings is 1. The number of rotatable bonds is 6. The van der Waals surface area contributed by atoms with E-state index in [-0.39, 0.29) is 0 Å². The second-order valence-electron chi connectivity index (χ2n) is 4.69. The highest BCUT2D eigenvalue weighted by atomic mass is 16.5. The first-order chi connectivity index (χ1) is 9.26. The van der Waals surface area contributed by atoms with E-state index in [1.165, 1.54) is 0 Å². The van der Waals surface area contributed by atoms with E-state index in [2.05, 4.69) is 23.3 Å². The Kier molecular flexibility index (Phi) is 4.58. The lowest BCUT2D eigenvalue weighted by atomic mass is 10.1. The van der Waals surface area contributed by atoms with Gasteiger partial charge in [0.2, 0.25) is 0 Å². The summed E-state index contributed by atoms with van der Waals surface area (Å²) in [5.41, 5.74) is 5.54. The molecular formula is C15H21N3O. The van der Waals surface area contributed by atoms with Crippen molar-refractivity contribution in [2.24, 2.45) is 5.73 Å². The monoisotopic (exact) mass is 259 g/mol. The maximum atomic E-state index is 5.54. The molecule has 0 aliphatic rings. The number of anilines is 1. The Bertz CT molecular complexity index is 542. The topological polar surface area (TPSA) is 60.2 Å². The van der Waals surface area contributed by atoms with Crippen molar-refractivity contribution < 1.29 is 4.74 Å². The number of nitrogens with zero attached hydrogens (tertiary/aromatic N) is 1. The van der Waals surface area contributed by atoms with Crippen LogP contribution in [0, 0.1) is 0 Å². The summed E-state index contributed by atoms with van der Waals surface area (Å²) < 4.78 is 5.38. The quantitative estimate of drug-likeness (QED) is 0.837. The van der Waals surface area contributed by atoms with Crippen molar-refractivity contribution in [1.29, 1.82) is 0 Å². The molecule has 0 aliphatic heterocycles. The minimum absolute atomic E-state index is 0.354. The Morgan fingerprint density at radius 1 is 1.32 bits per heavy atom. The fourth-order valence-electron chi connectivity index (χ4n) is 2.20. The molecular weight excluding hydrogens is 238 g/mol. The molecule has 1 unspecified atom stereocenters. The third-order valence-corrected chi connectivity index (χ3v) is 3.21. The maximum Gasteiger partial charge on any atom is 0.134 e. The summed E-state index contributed by atoms with van der Waals surface area (Å²) in [6.45, 7) is 2.87. The number of hydrogen-bond acceptors (Lipinski definition) is 4. The van der Waals surface area contributed by atoms with Crippen molar-refractivity contribution in [3.05, 3.63) is 30.5 Å². The molecule has 0 amide bonds. The van der Waals surface area contributed by atoms with Gasteiger partial charge in [-0.1, -0.05) is 12.1 Å². The predicted octanol–water partition coefficient (Wildman–Crippen LogP) is 2.78. The largest absolute Gasteiger partial charge is 0.496 e. The summed E-state index contributed by atoms with van der Waals surface area (Å²) in [4.78, 5) is 4.43. The van der Waals surface area contributed by atoms with Crippen molar-refractivity contribution in [3.63, 3.8) is 0 Å². The molecule has 0 aliphatic carbocycles. The molecule has 1 aromatic heterocycles. The van der Waals surface area contributed by atoms with Crippen molar-refractivity contribution in [3.8, 4) is 5.75 Å². The van der Waals surface area contributed by atoms with Crippen LogP contribution in [0.15, 0.2) is 30.5 Å². The highest BCUT2D eigenvalue weighted by molar-refractivity contribution is 5.95. The van der Waals surface area contributed by atoms with Crippen LogP contribution in [0.25, 0.3) is 10.8 Å². The average Bonchev–Trinajstić information content (AvgIpc) is 2.45. The number of methoxy groups -OCH3 is 1. The van der Waals surface area contributed by atoms with Gasteiger partial charge in [0.15, 0.2) is 0 Å². The van der Waals surface area contributed by atoms with Crippen molar-refractivity contribution in [2.45, 2.75) is 25.8 Å². The molecule has 1 aromatic carbocycles. The number of hydrogen-bond donors (Lipinski definition) is 2. The molecule has 1 heterocycles. The smallest absolute Gasteiger partial charge is 0.134 e. The summed E-state index contributed by atoms with van der Waals surface area (Å²) in [7, 11) is 1.69. The lowest BCUT2D eigenvalue weighted by molar-refractivity contribution is 0.420. The molecule has 0 fully saturated rings. The van der Waals surface area contributed by atoms with Gasteiger partial charge in [-0.05, 0) is 38.4 Å². The van der Waals surface area contributed by atoms with Gasteiger partial charge in [-0.15, -0.1) is 0 Å². The zero-order valence-electron chi connectivity index (χ0n) is 11.5. The summed E-state index contributed by atoms with van der Waals surface area (Å²) in [6.07, 6.45) is 3.86. The Hall–Kier alpha value is -1.81. The van der Waals surface area contributed by atoms with Crippen molar-refractivity contribution in [1.82, 2.24) is 4.98 Å². The molecule has 3 N–H and O–H groups in total. The van der Waals surface area contributed by atoms with E-state index in [0.29, 0.717) is 6.04 Å². The molecule has 0 saturated heterocycles. The van der Waals surface area contributed by atoms with Gasteiger partial charge in [-0.25, -0.2) is 4.98 Å². The zero-order chi connectivity index (χ0) is 13.7. The normalized spacial score (nSPS) is 12.4. The summed E-state index contributed by atoms with van der Waals surface area (Å²) >= 11 is 0. The number of fused-ring (bicyclic) bond motifs is 1. The maximum absolute atomic E-state index is 5.54. The molecule has 1 atom stereocenters. The predicted molar refractivity (Wildman–Crippen MR) is 79.7 cm³/mol. The van der Waals surface area contributed by atoms with Crippen LogP contribution in [0.3, 0.4) is 0 Å². The van der Waals surface area contributed by atoms with Crippen LogP contribution in [0.2, 0.25) is 0 Å². The van der Waals surface area contributed by atoms with E-state index in [9.17, 15) is 0 Å². The van der Waals surface area contributed by atoms with Gasteiger partial charge in [-0.2, -0.15) is 0 Å².